The first-order chi connectivity index (χ1) is 11.2. The quantitative estimate of drug-likeness (QED) is 0.772. The molecule has 0 aliphatic carbocycles. The molecule has 120 valence electrons. The average molecular weight is 310 g/mol. The number of hydrogen-bond acceptors (Lipinski definition) is 3. The highest BCUT2D eigenvalue weighted by atomic mass is 16.5. The zero-order valence-corrected chi connectivity index (χ0v) is 13.2. The Labute approximate surface area is 137 Å². The Hall–Kier alpha value is -2.59. The van der Waals surface area contributed by atoms with Crippen molar-refractivity contribution in [3.8, 4) is 5.75 Å². The predicted molar refractivity (Wildman–Crippen MR) is 93.5 cm³/mol. The third kappa shape index (κ3) is 5.96. The zero-order valence-electron chi connectivity index (χ0n) is 13.2. The summed E-state index contributed by atoms with van der Waals surface area (Å²) >= 11 is 0. The Balaban J connectivity index is 1.77. The number of methoxy groups -OCH3 is 1. The fourth-order valence-electron chi connectivity index (χ4n) is 2.14. The number of ether oxygens (including phenoxy) is 1. The minimum atomic E-state index is -0.190. The maximum Gasteiger partial charge on any atom is 0.248 e. The van der Waals surface area contributed by atoms with Gasteiger partial charge in [-0.2, -0.15) is 0 Å². The molecule has 2 rings (SSSR count). The van der Waals surface area contributed by atoms with Crippen molar-refractivity contribution in [1.82, 2.24) is 0 Å². The van der Waals surface area contributed by atoms with E-state index in [1.54, 1.807) is 37.5 Å². The number of benzene rings is 2. The molecule has 1 unspecified atom stereocenters. The number of carbonyl (C=O) groups is 1. The van der Waals surface area contributed by atoms with E-state index < -0.39 is 0 Å². The van der Waals surface area contributed by atoms with Gasteiger partial charge in [0.05, 0.1) is 7.11 Å². The average Bonchev–Trinajstić information content (AvgIpc) is 2.60. The molecule has 4 nitrogen and oxygen atoms in total. The molecule has 2 aromatic carbocycles. The molecule has 0 aromatic heterocycles. The lowest BCUT2D eigenvalue weighted by atomic mass is 10.1. The molecule has 4 heteroatoms. The smallest absolute Gasteiger partial charge is 0.248 e. The summed E-state index contributed by atoms with van der Waals surface area (Å²) in [6.45, 7) is 0. The Bertz CT molecular complexity index is 636. The number of nitrogens with one attached hydrogen (secondary N) is 1. The van der Waals surface area contributed by atoms with E-state index in [1.165, 1.54) is 11.6 Å². The Kier molecular flexibility index (Phi) is 6.39. The van der Waals surface area contributed by atoms with Crippen molar-refractivity contribution in [3.63, 3.8) is 0 Å². The predicted octanol–water partition coefficient (Wildman–Crippen LogP) is 3.15. The maximum atomic E-state index is 11.9. The minimum absolute atomic E-state index is 0.142. The second-order valence-electron chi connectivity index (χ2n) is 5.26. The van der Waals surface area contributed by atoms with E-state index in [2.05, 4.69) is 17.4 Å². The Morgan fingerprint density at radius 2 is 1.87 bits per heavy atom. The van der Waals surface area contributed by atoms with Crippen LogP contribution in [0.2, 0.25) is 0 Å². The van der Waals surface area contributed by atoms with Gasteiger partial charge in [-0.15, -0.1) is 0 Å². The number of hydrogen-bond donors (Lipinski definition) is 2. The van der Waals surface area contributed by atoms with Gasteiger partial charge < -0.3 is 15.8 Å². The number of aryl methyl sites for hydroxylation is 1. The van der Waals surface area contributed by atoms with Crippen molar-refractivity contribution in [2.24, 2.45) is 5.73 Å². The van der Waals surface area contributed by atoms with Crippen molar-refractivity contribution in [2.45, 2.75) is 18.9 Å². The van der Waals surface area contributed by atoms with Crippen LogP contribution in [0.1, 0.15) is 12.0 Å². The molecule has 0 fully saturated rings. The highest BCUT2D eigenvalue weighted by Gasteiger charge is 2.02. The van der Waals surface area contributed by atoms with Gasteiger partial charge in [0.25, 0.3) is 0 Å². The van der Waals surface area contributed by atoms with Crippen molar-refractivity contribution in [1.29, 1.82) is 0 Å². The largest absolute Gasteiger partial charge is 0.497 e. The topological polar surface area (TPSA) is 64.3 Å². The normalized spacial score (nSPS) is 12.1. The van der Waals surface area contributed by atoms with E-state index in [9.17, 15) is 4.79 Å². The molecule has 0 aliphatic heterocycles. The molecule has 1 amide bonds. The zero-order chi connectivity index (χ0) is 16.5. The van der Waals surface area contributed by atoms with Gasteiger partial charge in [-0.1, -0.05) is 36.4 Å². The molecule has 0 bridgehead atoms. The molecular weight excluding hydrogens is 288 g/mol. The van der Waals surface area contributed by atoms with E-state index in [1.807, 2.05) is 18.2 Å². The van der Waals surface area contributed by atoms with Crippen LogP contribution < -0.4 is 15.8 Å². The van der Waals surface area contributed by atoms with Crippen LogP contribution in [0.25, 0.3) is 0 Å². The van der Waals surface area contributed by atoms with Crippen molar-refractivity contribution in [3.05, 3.63) is 72.3 Å². The lowest BCUT2D eigenvalue weighted by molar-refractivity contribution is -0.111. The van der Waals surface area contributed by atoms with Crippen molar-refractivity contribution < 1.29 is 9.53 Å². The molecule has 23 heavy (non-hydrogen) atoms. The van der Waals surface area contributed by atoms with Gasteiger partial charge >= 0.3 is 0 Å². The third-order valence-electron chi connectivity index (χ3n) is 3.46. The first-order valence-electron chi connectivity index (χ1n) is 7.60. The summed E-state index contributed by atoms with van der Waals surface area (Å²) in [5, 5.41) is 2.79. The first-order valence-corrected chi connectivity index (χ1v) is 7.60. The standard InChI is InChI=1S/C19H22N2O2/c1-23-18-12-10-17(11-13-18)21-19(22)14-9-16(20)8-7-15-5-3-2-4-6-15/h2-6,9-14,16H,7-8,20H2,1H3,(H,21,22). The van der Waals surface area contributed by atoms with Gasteiger partial charge in [-0.05, 0) is 42.7 Å². The monoisotopic (exact) mass is 310 g/mol. The molecule has 0 saturated heterocycles. The summed E-state index contributed by atoms with van der Waals surface area (Å²) in [6.07, 6.45) is 4.92. The molecular formula is C19H22N2O2. The van der Waals surface area contributed by atoms with Gasteiger partial charge in [0, 0.05) is 17.8 Å². The summed E-state index contributed by atoms with van der Waals surface area (Å²) in [7, 11) is 1.60. The molecule has 0 spiro atoms. The van der Waals surface area contributed by atoms with Gasteiger partial charge in [-0.25, -0.2) is 0 Å². The van der Waals surface area contributed by atoms with Gasteiger partial charge in [0.1, 0.15) is 5.75 Å². The second kappa shape index (κ2) is 8.76. The van der Waals surface area contributed by atoms with E-state index in [0.29, 0.717) is 0 Å². The van der Waals surface area contributed by atoms with Crippen LogP contribution in [0.5, 0.6) is 5.75 Å². The minimum Gasteiger partial charge on any atom is -0.497 e. The number of rotatable bonds is 7. The summed E-state index contributed by atoms with van der Waals surface area (Å²) in [4.78, 5) is 11.9. The van der Waals surface area contributed by atoms with Crippen LogP contribution in [0.3, 0.4) is 0 Å². The lowest BCUT2D eigenvalue weighted by Crippen LogP contribution is -2.19. The number of anilines is 1. The van der Waals surface area contributed by atoms with Crippen LogP contribution in [0, 0.1) is 0 Å². The molecule has 0 radical (unpaired) electrons. The van der Waals surface area contributed by atoms with Crippen LogP contribution >= 0.6 is 0 Å². The molecule has 3 N–H and O–H groups in total. The van der Waals surface area contributed by atoms with E-state index in [-0.39, 0.29) is 11.9 Å². The maximum absolute atomic E-state index is 11.9. The molecule has 1 atom stereocenters. The van der Waals surface area contributed by atoms with Crippen LogP contribution in [0.15, 0.2) is 66.7 Å². The number of amides is 1. The van der Waals surface area contributed by atoms with E-state index in [4.69, 9.17) is 10.5 Å². The Morgan fingerprint density at radius 3 is 2.52 bits per heavy atom. The highest BCUT2D eigenvalue weighted by Crippen LogP contribution is 2.14. The molecule has 0 saturated carbocycles. The van der Waals surface area contributed by atoms with Gasteiger partial charge in [0.15, 0.2) is 0 Å². The van der Waals surface area contributed by atoms with Gasteiger partial charge in [0.2, 0.25) is 5.91 Å². The van der Waals surface area contributed by atoms with Crippen molar-refractivity contribution in [2.75, 3.05) is 12.4 Å². The SMILES string of the molecule is COc1ccc(NC(=O)C=CC(N)CCc2ccccc2)cc1. The summed E-state index contributed by atoms with van der Waals surface area (Å²) in [6, 6.07) is 17.2. The highest BCUT2D eigenvalue weighted by molar-refractivity contribution is 5.99. The molecule has 0 aliphatic rings. The van der Waals surface area contributed by atoms with Gasteiger partial charge in [-0.3, -0.25) is 4.79 Å². The molecule has 0 heterocycles. The van der Waals surface area contributed by atoms with E-state index >= 15 is 0 Å². The Morgan fingerprint density at radius 1 is 1.17 bits per heavy atom. The summed E-state index contributed by atoms with van der Waals surface area (Å²) in [5.74, 6) is 0.562. The fraction of sp³-hybridized carbons (Fsp3) is 0.211. The lowest BCUT2D eigenvalue weighted by Gasteiger charge is -2.07. The summed E-state index contributed by atoms with van der Waals surface area (Å²) in [5.41, 5.74) is 7.99. The summed E-state index contributed by atoms with van der Waals surface area (Å²) < 4.78 is 5.07. The molecule has 2 aromatic rings. The number of carbonyl (C=O) groups excluding carboxylic acids is 1. The van der Waals surface area contributed by atoms with Crippen molar-refractivity contribution >= 4 is 11.6 Å². The number of nitrogens with two attached hydrogens (primary N) is 1. The van der Waals surface area contributed by atoms with E-state index in [0.717, 1.165) is 24.3 Å². The third-order valence-corrected chi connectivity index (χ3v) is 3.46. The van der Waals surface area contributed by atoms with Crippen LogP contribution in [-0.2, 0) is 11.2 Å². The fourth-order valence-corrected chi connectivity index (χ4v) is 2.14. The van der Waals surface area contributed by atoms with Crippen LogP contribution in [-0.4, -0.2) is 19.1 Å². The van der Waals surface area contributed by atoms with Crippen LogP contribution in [0.4, 0.5) is 5.69 Å². The second-order valence-corrected chi connectivity index (χ2v) is 5.26. The first kappa shape index (κ1) is 16.8.